The van der Waals surface area contributed by atoms with Crippen LogP contribution in [-0.4, -0.2) is 9.97 Å². The molecule has 0 fully saturated rings. The number of aromatic nitrogens is 2. The number of nitrogens with zero attached hydrogens (tertiary/aromatic N) is 1. The average molecular weight is 330 g/mol. The third kappa shape index (κ3) is 3.22. The van der Waals surface area contributed by atoms with Crippen LogP contribution in [0.4, 0.5) is 0 Å². The molecule has 0 aliphatic rings. The number of fused-ring (bicyclic) bond motifs is 1. The van der Waals surface area contributed by atoms with Gasteiger partial charge >= 0.3 is 0 Å². The zero-order valence-corrected chi connectivity index (χ0v) is 14.0. The number of rotatable bonds is 5. The van der Waals surface area contributed by atoms with E-state index in [0.29, 0.717) is 0 Å². The molecule has 0 spiro atoms. The molecule has 2 nitrogen and oxygen atoms in total. The van der Waals surface area contributed by atoms with Crippen molar-refractivity contribution in [2.75, 3.05) is 0 Å². The molecule has 24 heavy (non-hydrogen) atoms. The van der Waals surface area contributed by atoms with Crippen LogP contribution in [0.25, 0.3) is 11.0 Å². The van der Waals surface area contributed by atoms with Crippen molar-refractivity contribution in [2.45, 2.75) is 11.0 Å². The molecule has 118 valence electrons. The summed E-state index contributed by atoms with van der Waals surface area (Å²) in [6.45, 7) is 0. The van der Waals surface area contributed by atoms with Crippen molar-refractivity contribution >= 4 is 22.8 Å². The summed E-state index contributed by atoms with van der Waals surface area (Å²) in [5.41, 5.74) is 4.72. The second-order valence-electron chi connectivity index (χ2n) is 5.73. The summed E-state index contributed by atoms with van der Waals surface area (Å²) in [6.07, 6.45) is 0. The van der Waals surface area contributed by atoms with Gasteiger partial charge in [-0.25, -0.2) is 4.98 Å². The Bertz CT molecular complexity index is 883. The Labute approximate surface area is 146 Å². The van der Waals surface area contributed by atoms with Crippen molar-refractivity contribution in [3.63, 3.8) is 0 Å². The first kappa shape index (κ1) is 15.0. The Morgan fingerprint density at radius 3 is 2.21 bits per heavy atom. The number of imidazole rings is 1. The highest BCUT2D eigenvalue weighted by molar-refractivity contribution is 7.98. The fourth-order valence-corrected chi connectivity index (χ4v) is 3.98. The highest BCUT2D eigenvalue weighted by Gasteiger charge is 2.18. The third-order valence-corrected chi connectivity index (χ3v) is 5.35. The Morgan fingerprint density at radius 2 is 1.46 bits per heavy atom. The maximum absolute atomic E-state index is 4.83. The second-order valence-corrected chi connectivity index (χ2v) is 6.82. The largest absolute Gasteiger partial charge is 0.341 e. The van der Waals surface area contributed by atoms with Crippen molar-refractivity contribution in [2.24, 2.45) is 0 Å². The average Bonchev–Trinajstić information content (AvgIpc) is 3.07. The predicted octanol–water partition coefficient (Wildman–Crippen LogP) is 5.59. The summed E-state index contributed by atoms with van der Waals surface area (Å²) in [5, 5.41) is 0.193. The molecule has 0 amide bonds. The van der Waals surface area contributed by atoms with E-state index in [4.69, 9.17) is 4.98 Å². The van der Waals surface area contributed by atoms with E-state index in [-0.39, 0.29) is 5.25 Å². The van der Waals surface area contributed by atoms with Gasteiger partial charge < -0.3 is 4.98 Å². The molecule has 0 aliphatic heterocycles. The van der Waals surface area contributed by atoms with E-state index in [0.717, 1.165) is 22.6 Å². The quantitative estimate of drug-likeness (QED) is 0.517. The minimum absolute atomic E-state index is 0.193. The smallest absolute Gasteiger partial charge is 0.124 e. The van der Waals surface area contributed by atoms with E-state index in [2.05, 4.69) is 77.8 Å². The van der Waals surface area contributed by atoms with Crippen LogP contribution in [-0.2, 0) is 5.75 Å². The maximum Gasteiger partial charge on any atom is 0.124 e. The lowest BCUT2D eigenvalue weighted by atomic mass is 10.1. The SMILES string of the molecule is c1ccc(CSC(c2ccccc2)c2nc3ccccc3[nH]2)cc1. The summed E-state index contributed by atoms with van der Waals surface area (Å²) >= 11 is 1.90. The van der Waals surface area contributed by atoms with Crippen molar-refractivity contribution in [1.29, 1.82) is 0 Å². The molecule has 3 aromatic carbocycles. The number of para-hydroxylation sites is 2. The zero-order chi connectivity index (χ0) is 16.2. The molecular formula is C21H18N2S. The number of benzene rings is 3. The van der Waals surface area contributed by atoms with Gasteiger partial charge in [-0.1, -0.05) is 72.8 Å². The van der Waals surface area contributed by atoms with Crippen LogP contribution in [0, 0.1) is 0 Å². The number of hydrogen-bond donors (Lipinski definition) is 1. The van der Waals surface area contributed by atoms with Crippen molar-refractivity contribution < 1.29 is 0 Å². The zero-order valence-electron chi connectivity index (χ0n) is 13.2. The van der Waals surface area contributed by atoms with Gasteiger partial charge in [0.25, 0.3) is 0 Å². The van der Waals surface area contributed by atoms with Gasteiger partial charge in [-0.15, -0.1) is 11.8 Å². The van der Waals surface area contributed by atoms with E-state index in [1.165, 1.54) is 11.1 Å². The molecule has 0 saturated heterocycles. The van der Waals surface area contributed by atoms with Gasteiger partial charge in [0.2, 0.25) is 0 Å². The minimum atomic E-state index is 0.193. The molecule has 4 aromatic rings. The standard InChI is InChI=1S/C21H18N2S/c1-3-9-16(10-4-1)15-24-20(17-11-5-2-6-12-17)21-22-18-13-7-8-14-19(18)23-21/h1-14,20H,15H2,(H,22,23). The molecule has 4 rings (SSSR count). The highest BCUT2D eigenvalue weighted by Crippen LogP contribution is 2.36. The summed E-state index contributed by atoms with van der Waals surface area (Å²) in [4.78, 5) is 8.32. The van der Waals surface area contributed by atoms with Crippen molar-refractivity contribution in [3.8, 4) is 0 Å². The molecule has 1 heterocycles. The van der Waals surface area contributed by atoms with Gasteiger partial charge in [-0.3, -0.25) is 0 Å². The van der Waals surface area contributed by atoms with Crippen LogP contribution < -0.4 is 0 Å². The van der Waals surface area contributed by atoms with E-state index >= 15 is 0 Å². The normalized spacial score (nSPS) is 12.3. The third-order valence-electron chi connectivity index (χ3n) is 4.02. The van der Waals surface area contributed by atoms with Gasteiger partial charge in [-0.2, -0.15) is 0 Å². The first-order valence-electron chi connectivity index (χ1n) is 8.05. The molecule has 0 bridgehead atoms. The van der Waals surface area contributed by atoms with Crippen LogP contribution in [0.15, 0.2) is 84.9 Å². The summed E-state index contributed by atoms with van der Waals surface area (Å²) in [7, 11) is 0. The van der Waals surface area contributed by atoms with Gasteiger partial charge in [0.1, 0.15) is 5.82 Å². The van der Waals surface area contributed by atoms with Crippen molar-refractivity contribution in [3.05, 3.63) is 102 Å². The maximum atomic E-state index is 4.83. The van der Waals surface area contributed by atoms with Crippen molar-refractivity contribution in [1.82, 2.24) is 9.97 Å². The number of hydrogen-bond acceptors (Lipinski definition) is 2. The van der Waals surface area contributed by atoms with Crippen LogP contribution in [0.1, 0.15) is 22.2 Å². The number of H-pyrrole nitrogens is 1. The molecule has 0 aliphatic carbocycles. The summed E-state index contributed by atoms with van der Waals surface area (Å²) in [5.74, 6) is 1.97. The predicted molar refractivity (Wildman–Crippen MR) is 102 cm³/mol. The van der Waals surface area contributed by atoms with E-state index in [9.17, 15) is 0 Å². The van der Waals surface area contributed by atoms with E-state index < -0.39 is 0 Å². The van der Waals surface area contributed by atoms with Crippen LogP contribution in [0.5, 0.6) is 0 Å². The number of nitrogens with one attached hydrogen (secondary N) is 1. The fraction of sp³-hybridized carbons (Fsp3) is 0.0952. The Kier molecular flexibility index (Phi) is 4.34. The Balaban J connectivity index is 1.67. The first-order chi connectivity index (χ1) is 11.9. The molecule has 0 radical (unpaired) electrons. The fourth-order valence-electron chi connectivity index (χ4n) is 2.81. The first-order valence-corrected chi connectivity index (χ1v) is 9.10. The lowest BCUT2D eigenvalue weighted by molar-refractivity contribution is 1.01. The minimum Gasteiger partial charge on any atom is -0.341 e. The molecular weight excluding hydrogens is 312 g/mol. The summed E-state index contributed by atoms with van der Waals surface area (Å²) < 4.78 is 0. The van der Waals surface area contributed by atoms with E-state index in [1.807, 2.05) is 23.9 Å². The van der Waals surface area contributed by atoms with Gasteiger partial charge in [0, 0.05) is 5.75 Å². The lowest BCUT2D eigenvalue weighted by Gasteiger charge is -2.15. The second kappa shape index (κ2) is 6.93. The Hall–Kier alpha value is -2.52. The molecule has 1 atom stereocenters. The van der Waals surface area contributed by atoms with Crippen LogP contribution >= 0.6 is 11.8 Å². The molecule has 3 heteroatoms. The molecule has 1 aromatic heterocycles. The van der Waals surface area contributed by atoms with Gasteiger partial charge in [0.15, 0.2) is 0 Å². The van der Waals surface area contributed by atoms with Gasteiger partial charge in [0.05, 0.1) is 16.3 Å². The molecule has 1 N–H and O–H groups in total. The van der Waals surface area contributed by atoms with Gasteiger partial charge in [-0.05, 0) is 23.3 Å². The Morgan fingerprint density at radius 1 is 0.792 bits per heavy atom. The van der Waals surface area contributed by atoms with E-state index in [1.54, 1.807) is 0 Å². The number of thioether (sulfide) groups is 1. The number of aromatic amines is 1. The monoisotopic (exact) mass is 330 g/mol. The lowest BCUT2D eigenvalue weighted by Crippen LogP contribution is -2.00. The molecule has 0 saturated carbocycles. The van der Waals surface area contributed by atoms with Crippen LogP contribution in [0.3, 0.4) is 0 Å². The molecule has 1 unspecified atom stereocenters. The summed E-state index contributed by atoms with van der Waals surface area (Å²) in [6, 6.07) is 29.4. The highest BCUT2D eigenvalue weighted by atomic mass is 32.2. The topological polar surface area (TPSA) is 28.7 Å². The van der Waals surface area contributed by atoms with Crippen LogP contribution in [0.2, 0.25) is 0 Å².